The zero-order valence-corrected chi connectivity index (χ0v) is 37.3. The molecule has 0 saturated heterocycles. The van der Waals surface area contributed by atoms with Crippen LogP contribution in [0.15, 0.2) is 205 Å². The molecule has 0 bridgehead atoms. The molecule has 2 unspecified atom stereocenters. The number of hydrogen-bond acceptors (Lipinski definition) is 0. The second-order valence-corrected chi connectivity index (χ2v) is 23.3. The molecule has 0 nitrogen and oxygen atoms in total. The van der Waals surface area contributed by atoms with Gasteiger partial charge in [-0.1, -0.05) is 231 Å². The van der Waals surface area contributed by atoms with Gasteiger partial charge in [0.05, 0.1) is 8.07 Å². The van der Waals surface area contributed by atoms with Crippen molar-refractivity contribution in [2.24, 2.45) is 0 Å². The molecule has 0 amide bonds. The molecule has 12 rings (SSSR count). The molecule has 0 aliphatic heterocycles. The summed E-state index contributed by atoms with van der Waals surface area (Å²) in [5.74, 6) is 0. The monoisotopic (exact) mass is 820 g/mol. The Morgan fingerprint density at radius 2 is 0.556 bits per heavy atom. The zero-order chi connectivity index (χ0) is 42.4. The Morgan fingerprint density at radius 1 is 0.286 bits per heavy atom. The third kappa shape index (κ3) is 5.80. The van der Waals surface area contributed by atoms with Crippen molar-refractivity contribution < 1.29 is 0 Å². The summed E-state index contributed by atoms with van der Waals surface area (Å²) in [6.07, 6.45) is 5.15. The van der Waals surface area contributed by atoms with Gasteiger partial charge in [0, 0.05) is 11.1 Å². The van der Waals surface area contributed by atoms with Crippen molar-refractivity contribution in [1.29, 1.82) is 0 Å². The molecule has 0 aromatic heterocycles. The number of fused-ring (bicyclic) bond motifs is 6. The van der Waals surface area contributed by atoms with E-state index < -0.39 is 8.07 Å². The molecule has 10 aromatic carbocycles. The standard InChI is InChI=1S/C62H48Si/c1-39-37-57-53(49-29-13-21-41-17-5-9-25-45(41)49)33-35-55(51-31-15-23-43-19-7-11-27-47(43)51)59(57)61(39)63(3,4)62-40(2)38-58-54(50-30-14-22-42-18-6-10-26-46(42)50)34-36-56(60(58)62)52-32-16-24-44-20-8-12-28-48(44)52/h5-38,61-62H,1-4H3. The molecule has 2 aliphatic rings. The summed E-state index contributed by atoms with van der Waals surface area (Å²) in [6, 6.07) is 72.8. The van der Waals surface area contributed by atoms with Gasteiger partial charge < -0.3 is 0 Å². The predicted octanol–water partition coefficient (Wildman–Crippen LogP) is 17.5. The maximum atomic E-state index is 2.70. The van der Waals surface area contributed by atoms with E-state index in [1.807, 2.05) is 0 Å². The third-order valence-corrected chi connectivity index (χ3v) is 19.1. The van der Waals surface area contributed by atoms with E-state index in [2.05, 4.69) is 233 Å². The van der Waals surface area contributed by atoms with Gasteiger partial charge in [-0.3, -0.25) is 0 Å². The average molecular weight is 821 g/mol. The Bertz CT molecular complexity index is 3320. The van der Waals surface area contributed by atoms with E-state index >= 15 is 0 Å². The van der Waals surface area contributed by atoms with Crippen LogP contribution in [-0.2, 0) is 0 Å². The highest BCUT2D eigenvalue weighted by molar-refractivity contribution is 6.82. The van der Waals surface area contributed by atoms with E-state index in [1.165, 1.54) is 121 Å². The minimum Gasteiger partial charge on any atom is -0.0679 e. The van der Waals surface area contributed by atoms with Gasteiger partial charge in [0.1, 0.15) is 0 Å². The highest BCUT2D eigenvalue weighted by Gasteiger charge is 2.49. The molecule has 300 valence electrons. The molecule has 10 aromatic rings. The normalized spacial score (nSPS) is 15.8. The van der Waals surface area contributed by atoms with Crippen LogP contribution in [0.2, 0.25) is 13.1 Å². The molecule has 2 aliphatic carbocycles. The van der Waals surface area contributed by atoms with Crippen molar-refractivity contribution in [3.63, 3.8) is 0 Å². The largest absolute Gasteiger partial charge is 0.0722 e. The Balaban J connectivity index is 1.13. The number of rotatable bonds is 6. The second kappa shape index (κ2) is 14.5. The third-order valence-electron chi connectivity index (χ3n) is 14.6. The Hall–Kier alpha value is -7.06. The van der Waals surface area contributed by atoms with Crippen molar-refractivity contribution in [2.75, 3.05) is 0 Å². The lowest BCUT2D eigenvalue weighted by molar-refractivity contribution is 0.971. The van der Waals surface area contributed by atoms with Gasteiger partial charge in [0.2, 0.25) is 0 Å². The fourth-order valence-electron chi connectivity index (χ4n) is 12.1. The van der Waals surface area contributed by atoms with E-state index in [0.717, 1.165) is 0 Å². The second-order valence-electron chi connectivity index (χ2n) is 18.5. The number of benzene rings is 10. The summed E-state index contributed by atoms with van der Waals surface area (Å²) >= 11 is 0. The van der Waals surface area contributed by atoms with Crippen LogP contribution in [0.1, 0.15) is 47.2 Å². The number of hydrogen-bond donors (Lipinski definition) is 0. The minimum absolute atomic E-state index is 0.275. The van der Waals surface area contributed by atoms with E-state index in [9.17, 15) is 0 Å². The lowest BCUT2D eigenvalue weighted by Crippen LogP contribution is -2.42. The molecule has 63 heavy (non-hydrogen) atoms. The van der Waals surface area contributed by atoms with Gasteiger partial charge in [-0.05, 0) is 124 Å². The first-order valence-electron chi connectivity index (χ1n) is 22.5. The minimum atomic E-state index is -2.42. The zero-order valence-electron chi connectivity index (χ0n) is 36.3. The number of allylic oxidation sites excluding steroid dienone is 2. The molecule has 0 radical (unpaired) electrons. The maximum absolute atomic E-state index is 2.70. The molecule has 0 fully saturated rings. The first-order chi connectivity index (χ1) is 30.9. The summed E-state index contributed by atoms with van der Waals surface area (Å²) in [6.45, 7) is 10.3. The van der Waals surface area contributed by atoms with Gasteiger partial charge in [0.25, 0.3) is 0 Å². The van der Waals surface area contributed by atoms with Crippen LogP contribution in [0, 0.1) is 0 Å². The summed E-state index contributed by atoms with van der Waals surface area (Å²) in [7, 11) is -2.42. The van der Waals surface area contributed by atoms with Crippen LogP contribution in [0.3, 0.4) is 0 Å². The molecular formula is C62H48Si. The first-order valence-corrected chi connectivity index (χ1v) is 25.6. The van der Waals surface area contributed by atoms with E-state index in [4.69, 9.17) is 0 Å². The van der Waals surface area contributed by atoms with Crippen LogP contribution in [0.25, 0.3) is 99.7 Å². The lowest BCUT2D eigenvalue weighted by atomic mass is 9.87. The van der Waals surface area contributed by atoms with E-state index in [-0.39, 0.29) is 11.1 Å². The summed E-state index contributed by atoms with van der Waals surface area (Å²) in [5.41, 5.74) is 19.9. The van der Waals surface area contributed by atoms with Crippen LogP contribution in [0.5, 0.6) is 0 Å². The fourth-order valence-corrected chi connectivity index (χ4v) is 17.1. The quantitative estimate of drug-likeness (QED) is 0.147. The van der Waals surface area contributed by atoms with Gasteiger partial charge in [-0.2, -0.15) is 0 Å². The fraction of sp³-hybridized carbons (Fsp3) is 0.0968. The maximum Gasteiger partial charge on any atom is 0.0722 e. The topological polar surface area (TPSA) is 0 Å². The summed E-state index contributed by atoms with van der Waals surface area (Å²) in [5, 5.41) is 10.3. The highest BCUT2D eigenvalue weighted by atomic mass is 28.3. The smallest absolute Gasteiger partial charge is 0.0679 e. The molecule has 0 heterocycles. The molecule has 2 atom stereocenters. The van der Waals surface area contributed by atoms with Crippen LogP contribution in [-0.4, -0.2) is 8.07 Å². The van der Waals surface area contributed by atoms with Crippen LogP contribution < -0.4 is 0 Å². The van der Waals surface area contributed by atoms with Crippen molar-refractivity contribution in [3.05, 3.63) is 228 Å². The van der Waals surface area contributed by atoms with Crippen molar-refractivity contribution in [2.45, 2.75) is 38.0 Å². The Morgan fingerprint density at radius 3 is 0.889 bits per heavy atom. The Labute approximate surface area is 371 Å². The van der Waals surface area contributed by atoms with E-state index in [0.29, 0.717) is 0 Å². The van der Waals surface area contributed by atoms with Gasteiger partial charge in [-0.25, -0.2) is 0 Å². The van der Waals surface area contributed by atoms with Gasteiger partial charge >= 0.3 is 0 Å². The Kier molecular flexibility index (Phi) is 8.68. The molecule has 1 heteroatoms. The van der Waals surface area contributed by atoms with Crippen LogP contribution in [0.4, 0.5) is 0 Å². The van der Waals surface area contributed by atoms with Crippen LogP contribution >= 0.6 is 0 Å². The molecular weight excluding hydrogens is 773 g/mol. The molecule has 0 N–H and O–H groups in total. The van der Waals surface area contributed by atoms with Gasteiger partial charge in [-0.15, -0.1) is 0 Å². The average Bonchev–Trinajstić information content (AvgIpc) is 3.88. The molecule has 0 spiro atoms. The van der Waals surface area contributed by atoms with E-state index in [1.54, 1.807) is 0 Å². The highest BCUT2D eigenvalue weighted by Crippen LogP contribution is 2.58. The summed E-state index contributed by atoms with van der Waals surface area (Å²) < 4.78 is 0. The van der Waals surface area contributed by atoms with Gasteiger partial charge in [0.15, 0.2) is 0 Å². The van der Waals surface area contributed by atoms with Crippen molar-refractivity contribution >= 4 is 63.3 Å². The predicted molar refractivity (Wildman–Crippen MR) is 275 cm³/mol. The molecule has 0 saturated carbocycles. The summed E-state index contributed by atoms with van der Waals surface area (Å²) in [4.78, 5) is 0. The van der Waals surface area contributed by atoms with Crippen molar-refractivity contribution in [1.82, 2.24) is 0 Å². The first kappa shape index (κ1) is 37.7. The lowest BCUT2D eigenvalue weighted by Gasteiger charge is -2.40. The van der Waals surface area contributed by atoms with Crippen molar-refractivity contribution in [3.8, 4) is 44.5 Å². The SMILES string of the molecule is CC1=Cc2c(-c3cccc4ccccc34)ccc(-c3cccc4ccccc34)c2C1[Si](C)(C)C1C(C)=Cc2c(-c3cccc4ccccc34)ccc(-c3cccc4ccccc34)c21.